The normalized spacial score (nSPS) is 11.2. The van der Waals surface area contributed by atoms with Gasteiger partial charge in [-0.25, -0.2) is 19.3 Å². The number of halogens is 1. The Bertz CT molecular complexity index is 1070. The van der Waals surface area contributed by atoms with E-state index in [2.05, 4.69) is 44.7 Å². The zero-order valence-corrected chi connectivity index (χ0v) is 14.5. The number of imidazole rings is 1. The number of aromatic nitrogens is 4. The minimum atomic E-state index is -0.307. The van der Waals surface area contributed by atoms with Gasteiger partial charge in [0.25, 0.3) is 0 Å². The van der Waals surface area contributed by atoms with Crippen LogP contribution in [-0.2, 0) is 0 Å². The number of rotatable bonds is 4. The first-order valence-electron chi connectivity index (χ1n) is 8.43. The monoisotopic (exact) mass is 347 g/mol. The van der Waals surface area contributed by atoms with Gasteiger partial charge in [-0.3, -0.25) is 0 Å². The molecule has 0 saturated carbocycles. The molecule has 130 valence electrons. The van der Waals surface area contributed by atoms with Crippen LogP contribution in [0.25, 0.3) is 22.3 Å². The van der Waals surface area contributed by atoms with Gasteiger partial charge < -0.3 is 9.88 Å². The third kappa shape index (κ3) is 3.13. The number of anilines is 2. The number of hydrogen-bond acceptors (Lipinski definition) is 4. The molecular weight excluding hydrogens is 329 g/mol. The molecule has 2 heterocycles. The molecule has 6 heteroatoms. The third-order valence-electron chi connectivity index (χ3n) is 4.16. The molecule has 0 saturated heterocycles. The fraction of sp³-hybridized carbons (Fsp3) is 0.150. The summed E-state index contributed by atoms with van der Waals surface area (Å²) in [7, 11) is 0. The Morgan fingerprint density at radius 1 is 1.04 bits per heavy atom. The highest BCUT2D eigenvalue weighted by Crippen LogP contribution is 2.25. The van der Waals surface area contributed by atoms with Crippen LogP contribution >= 0.6 is 0 Å². The van der Waals surface area contributed by atoms with Crippen molar-refractivity contribution in [2.45, 2.75) is 19.9 Å². The van der Waals surface area contributed by atoms with Gasteiger partial charge in [0.1, 0.15) is 5.82 Å². The minimum Gasteiger partial charge on any atom is -0.328 e. The van der Waals surface area contributed by atoms with Crippen LogP contribution in [0.3, 0.4) is 0 Å². The highest BCUT2D eigenvalue weighted by molar-refractivity contribution is 5.81. The van der Waals surface area contributed by atoms with Crippen LogP contribution < -0.4 is 5.32 Å². The van der Waals surface area contributed by atoms with E-state index in [0.717, 1.165) is 22.3 Å². The molecule has 1 N–H and O–H groups in total. The highest BCUT2D eigenvalue weighted by Gasteiger charge is 2.09. The molecule has 26 heavy (non-hydrogen) atoms. The molecule has 0 unspecified atom stereocenters. The highest BCUT2D eigenvalue weighted by atomic mass is 19.1. The maximum atomic E-state index is 13.3. The van der Waals surface area contributed by atoms with Crippen molar-refractivity contribution in [1.29, 1.82) is 0 Å². The second-order valence-electron chi connectivity index (χ2n) is 6.35. The predicted octanol–water partition coefficient (Wildman–Crippen LogP) is 4.96. The summed E-state index contributed by atoms with van der Waals surface area (Å²) in [5.41, 5.74) is 4.39. The number of nitrogens with zero attached hydrogens (tertiary/aromatic N) is 4. The summed E-state index contributed by atoms with van der Waals surface area (Å²) in [5.74, 6) is 0.115. The standard InChI is InChI=1S/C20H18FN5/c1-13(2)26-12-23-18-7-6-14(10-19(18)26)17-8-9-22-20(25-17)24-16-5-3-4-15(21)11-16/h3-13H,1-2H3,(H,22,24,25). The van der Waals surface area contributed by atoms with Gasteiger partial charge in [-0.1, -0.05) is 12.1 Å². The summed E-state index contributed by atoms with van der Waals surface area (Å²) < 4.78 is 15.5. The van der Waals surface area contributed by atoms with Gasteiger partial charge in [0, 0.05) is 23.5 Å². The maximum Gasteiger partial charge on any atom is 0.227 e. The molecular formula is C20H18FN5. The average Bonchev–Trinajstić information content (AvgIpc) is 3.05. The summed E-state index contributed by atoms with van der Waals surface area (Å²) in [6.45, 7) is 4.25. The van der Waals surface area contributed by atoms with Crippen molar-refractivity contribution in [2.24, 2.45) is 0 Å². The van der Waals surface area contributed by atoms with Crippen molar-refractivity contribution in [1.82, 2.24) is 19.5 Å². The van der Waals surface area contributed by atoms with Gasteiger partial charge >= 0.3 is 0 Å². The van der Waals surface area contributed by atoms with E-state index in [1.54, 1.807) is 18.3 Å². The Labute approximate surface area is 150 Å². The topological polar surface area (TPSA) is 55.6 Å². The smallest absolute Gasteiger partial charge is 0.227 e. The van der Waals surface area contributed by atoms with Crippen LogP contribution in [0.1, 0.15) is 19.9 Å². The van der Waals surface area contributed by atoms with E-state index in [-0.39, 0.29) is 5.82 Å². The predicted molar refractivity (Wildman–Crippen MR) is 101 cm³/mol. The van der Waals surface area contributed by atoms with Gasteiger partial charge in [0.2, 0.25) is 5.95 Å². The molecule has 0 radical (unpaired) electrons. The molecule has 0 amide bonds. The zero-order valence-electron chi connectivity index (χ0n) is 14.5. The van der Waals surface area contributed by atoms with Crippen molar-refractivity contribution < 1.29 is 4.39 Å². The molecule has 0 fully saturated rings. The summed E-state index contributed by atoms with van der Waals surface area (Å²) in [4.78, 5) is 13.2. The number of benzene rings is 2. The molecule has 2 aromatic carbocycles. The molecule has 0 aliphatic heterocycles. The Morgan fingerprint density at radius 3 is 2.73 bits per heavy atom. The quantitative estimate of drug-likeness (QED) is 0.567. The molecule has 5 nitrogen and oxygen atoms in total. The first-order chi connectivity index (χ1) is 12.6. The first kappa shape index (κ1) is 16.2. The minimum absolute atomic E-state index is 0.307. The van der Waals surface area contributed by atoms with Gasteiger partial charge in [-0.05, 0) is 50.2 Å². The van der Waals surface area contributed by atoms with E-state index in [4.69, 9.17) is 0 Å². The van der Waals surface area contributed by atoms with Crippen LogP contribution in [0.2, 0.25) is 0 Å². The molecule has 0 aliphatic carbocycles. The van der Waals surface area contributed by atoms with Crippen LogP contribution in [0.5, 0.6) is 0 Å². The van der Waals surface area contributed by atoms with E-state index >= 15 is 0 Å². The first-order valence-corrected chi connectivity index (χ1v) is 8.43. The molecule has 0 spiro atoms. The summed E-state index contributed by atoms with van der Waals surface area (Å²) in [6, 6.07) is 14.5. The number of fused-ring (bicyclic) bond motifs is 1. The summed E-state index contributed by atoms with van der Waals surface area (Å²) >= 11 is 0. The molecule has 4 rings (SSSR count). The van der Waals surface area contributed by atoms with Crippen molar-refractivity contribution in [3.8, 4) is 11.3 Å². The van der Waals surface area contributed by atoms with Crippen molar-refractivity contribution in [3.05, 3.63) is 66.9 Å². The lowest BCUT2D eigenvalue weighted by atomic mass is 10.1. The Morgan fingerprint density at radius 2 is 1.92 bits per heavy atom. The second-order valence-corrected chi connectivity index (χ2v) is 6.35. The van der Waals surface area contributed by atoms with Gasteiger partial charge in [-0.2, -0.15) is 0 Å². The zero-order chi connectivity index (χ0) is 18.1. The van der Waals surface area contributed by atoms with Crippen molar-refractivity contribution >= 4 is 22.7 Å². The van der Waals surface area contributed by atoms with E-state index in [0.29, 0.717) is 17.7 Å². The van der Waals surface area contributed by atoms with E-state index in [1.165, 1.54) is 12.1 Å². The van der Waals surface area contributed by atoms with Crippen LogP contribution in [0.4, 0.5) is 16.0 Å². The number of hydrogen-bond donors (Lipinski definition) is 1. The SMILES string of the molecule is CC(C)n1cnc2ccc(-c3ccnc(Nc4cccc(F)c4)n3)cc21. The molecule has 0 aliphatic rings. The van der Waals surface area contributed by atoms with Crippen LogP contribution in [-0.4, -0.2) is 19.5 Å². The Kier molecular flexibility index (Phi) is 4.08. The van der Waals surface area contributed by atoms with Crippen LogP contribution in [0.15, 0.2) is 61.1 Å². The van der Waals surface area contributed by atoms with E-state index in [9.17, 15) is 4.39 Å². The lowest BCUT2D eigenvalue weighted by Crippen LogP contribution is -1.99. The molecule has 0 atom stereocenters. The van der Waals surface area contributed by atoms with E-state index < -0.39 is 0 Å². The van der Waals surface area contributed by atoms with Gasteiger partial charge in [0.15, 0.2) is 0 Å². The van der Waals surface area contributed by atoms with Crippen molar-refractivity contribution in [3.63, 3.8) is 0 Å². The molecule has 4 aromatic rings. The summed E-state index contributed by atoms with van der Waals surface area (Å²) in [6.07, 6.45) is 3.55. The largest absolute Gasteiger partial charge is 0.328 e. The Balaban J connectivity index is 1.70. The average molecular weight is 347 g/mol. The third-order valence-corrected chi connectivity index (χ3v) is 4.16. The molecule has 0 bridgehead atoms. The molecule has 2 aromatic heterocycles. The second kappa shape index (κ2) is 6.55. The van der Waals surface area contributed by atoms with Gasteiger partial charge in [0.05, 0.1) is 23.1 Å². The summed E-state index contributed by atoms with van der Waals surface area (Å²) in [5, 5.41) is 3.04. The lowest BCUT2D eigenvalue weighted by molar-refractivity contribution is 0.617. The lowest BCUT2D eigenvalue weighted by Gasteiger charge is -2.10. The fourth-order valence-corrected chi connectivity index (χ4v) is 2.87. The van der Waals surface area contributed by atoms with E-state index in [1.807, 2.05) is 24.5 Å². The fourth-order valence-electron chi connectivity index (χ4n) is 2.87. The van der Waals surface area contributed by atoms with Crippen molar-refractivity contribution in [2.75, 3.05) is 5.32 Å². The Hall–Kier alpha value is -3.28. The van der Waals surface area contributed by atoms with Crippen LogP contribution in [0, 0.1) is 5.82 Å². The van der Waals surface area contributed by atoms with Gasteiger partial charge in [-0.15, -0.1) is 0 Å². The maximum absolute atomic E-state index is 13.3. The number of nitrogens with one attached hydrogen (secondary N) is 1.